The molecule has 2 aliphatic heterocycles. The molecule has 2 aromatic carbocycles. The Balaban J connectivity index is 1.19. The Hall–Kier alpha value is -4.68. The first-order valence-corrected chi connectivity index (χ1v) is 14.5. The van der Waals surface area contributed by atoms with E-state index in [0.717, 1.165) is 53.3 Å². The molecule has 42 heavy (non-hydrogen) atoms. The van der Waals surface area contributed by atoms with E-state index >= 15 is 0 Å². The standard InChI is InChI=1S/C34H33N5O3/c1-3-14-33(17-19-38(22-33)31(40)28-12-18-37(2)36-28)23-39-30(35-34(32(39)41)15-4-5-16-34)25-8-6-24(7-9-25)26-10-11-29-27(21-26)13-20-42-29/h6-14,18,20-21H,1,4-5,15-17,19,22-23H2,2H3/t33-/m1/s1. The van der Waals surface area contributed by atoms with Crippen molar-refractivity contribution in [2.75, 3.05) is 19.6 Å². The zero-order chi connectivity index (χ0) is 28.9. The average molecular weight is 560 g/mol. The summed E-state index contributed by atoms with van der Waals surface area (Å²) >= 11 is 0. The largest absolute Gasteiger partial charge is 0.464 e. The van der Waals surface area contributed by atoms with Crippen molar-refractivity contribution in [3.8, 4) is 11.1 Å². The van der Waals surface area contributed by atoms with Crippen LogP contribution in [0.15, 0.2) is 94.9 Å². The van der Waals surface area contributed by atoms with Gasteiger partial charge >= 0.3 is 0 Å². The van der Waals surface area contributed by atoms with E-state index in [1.165, 1.54) is 0 Å². The first-order chi connectivity index (χ1) is 20.4. The minimum Gasteiger partial charge on any atom is -0.464 e. The van der Waals surface area contributed by atoms with Gasteiger partial charge in [-0.15, -0.1) is 5.73 Å². The van der Waals surface area contributed by atoms with Crippen LogP contribution in [0, 0.1) is 5.41 Å². The molecule has 8 nitrogen and oxygen atoms in total. The third kappa shape index (κ3) is 4.39. The van der Waals surface area contributed by atoms with Crippen molar-refractivity contribution >= 4 is 28.6 Å². The van der Waals surface area contributed by atoms with Gasteiger partial charge in [-0.3, -0.25) is 24.2 Å². The van der Waals surface area contributed by atoms with Crippen LogP contribution in [0.5, 0.6) is 0 Å². The van der Waals surface area contributed by atoms with Crippen LogP contribution in [-0.4, -0.2) is 62.4 Å². The number of hydrogen-bond donors (Lipinski definition) is 0. The molecule has 0 unspecified atom stereocenters. The van der Waals surface area contributed by atoms with Crippen molar-refractivity contribution in [3.05, 3.63) is 96.7 Å². The minimum absolute atomic E-state index is 0.0656. The molecule has 1 atom stereocenters. The summed E-state index contributed by atoms with van der Waals surface area (Å²) in [6.07, 6.45) is 9.64. The summed E-state index contributed by atoms with van der Waals surface area (Å²) in [7, 11) is 1.80. The molecule has 2 amide bonds. The molecule has 0 radical (unpaired) electrons. The van der Waals surface area contributed by atoms with Gasteiger partial charge in [0.25, 0.3) is 11.8 Å². The lowest BCUT2D eigenvalue weighted by Gasteiger charge is -2.32. The van der Waals surface area contributed by atoms with Crippen molar-refractivity contribution in [2.24, 2.45) is 17.5 Å². The number of furan rings is 1. The lowest BCUT2D eigenvalue weighted by molar-refractivity contribution is -0.131. The molecule has 1 saturated carbocycles. The van der Waals surface area contributed by atoms with Crippen molar-refractivity contribution in [1.82, 2.24) is 19.6 Å². The quantitative estimate of drug-likeness (QED) is 0.288. The molecule has 0 bridgehead atoms. The molecule has 1 aliphatic carbocycles. The monoisotopic (exact) mass is 559 g/mol. The number of fused-ring (bicyclic) bond motifs is 1. The van der Waals surface area contributed by atoms with E-state index in [-0.39, 0.29) is 11.8 Å². The molecule has 1 saturated heterocycles. The number of aromatic nitrogens is 2. The number of aliphatic imine (C=N–C) groups is 1. The van der Waals surface area contributed by atoms with Crippen molar-refractivity contribution in [2.45, 2.75) is 37.6 Å². The van der Waals surface area contributed by atoms with Crippen LogP contribution in [0.2, 0.25) is 0 Å². The summed E-state index contributed by atoms with van der Waals surface area (Å²) in [5.74, 6) is 0.675. The Morgan fingerprint density at radius 2 is 1.81 bits per heavy atom. The predicted molar refractivity (Wildman–Crippen MR) is 161 cm³/mol. The highest BCUT2D eigenvalue weighted by Crippen LogP contribution is 2.43. The minimum atomic E-state index is -0.693. The van der Waals surface area contributed by atoms with Gasteiger partial charge in [-0.2, -0.15) is 5.10 Å². The molecular weight excluding hydrogens is 526 g/mol. The lowest BCUT2D eigenvalue weighted by atomic mass is 9.85. The first kappa shape index (κ1) is 26.2. The Morgan fingerprint density at radius 1 is 1.05 bits per heavy atom. The van der Waals surface area contributed by atoms with Gasteiger partial charge in [-0.05, 0) is 60.7 Å². The maximum Gasteiger partial charge on any atom is 0.274 e. The Morgan fingerprint density at radius 3 is 2.55 bits per heavy atom. The van der Waals surface area contributed by atoms with E-state index in [9.17, 15) is 9.59 Å². The molecular formula is C34H33N5O3. The molecule has 1 spiro atoms. The fourth-order valence-electron chi connectivity index (χ4n) is 6.85. The van der Waals surface area contributed by atoms with E-state index < -0.39 is 11.0 Å². The van der Waals surface area contributed by atoms with Gasteiger partial charge in [-0.25, -0.2) is 0 Å². The van der Waals surface area contributed by atoms with Crippen LogP contribution in [0.1, 0.15) is 48.2 Å². The van der Waals surface area contributed by atoms with Crippen LogP contribution < -0.4 is 0 Å². The summed E-state index contributed by atoms with van der Waals surface area (Å²) in [4.78, 5) is 36.2. The summed E-state index contributed by atoms with van der Waals surface area (Å²) in [5, 5.41) is 5.36. The number of likely N-dealkylation sites (tertiary alicyclic amines) is 1. The van der Waals surface area contributed by atoms with E-state index in [0.29, 0.717) is 37.6 Å². The number of hydrogen-bond acceptors (Lipinski definition) is 5. The summed E-state index contributed by atoms with van der Waals surface area (Å²) < 4.78 is 7.13. The third-order valence-electron chi connectivity index (χ3n) is 9.06. The van der Waals surface area contributed by atoms with Crippen LogP contribution in [0.3, 0.4) is 0 Å². The summed E-state index contributed by atoms with van der Waals surface area (Å²) in [6.45, 7) is 5.31. The molecule has 212 valence electrons. The SMILES string of the molecule is C=C=C[C@@]1(CN2C(=O)C3(CCCC3)N=C2c2ccc(-c3ccc4occc4c3)cc2)CCN(C(=O)c2ccn(C)n2)C1. The lowest BCUT2D eigenvalue weighted by Crippen LogP contribution is -2.47. The number of aryl methyl sites for hydroxylation is 1. The third-order valence-corrected chi connectivity index (χ3v) is 9.06. The maximum atomic E-state index is 14.1. The number of carbonyl (C=O) groups is 2. The Bertz CT molecular complexity index is 1770. The van der Waals surface area contributed by atoms with Gasteiger partial charge < -0.3 is 9.32 Å². The van der Waals surface area contributed by atoms with Gasteiger partial charge in [-0.1, -0.05) is 49.8 Å². The van der Waals surface area contributed by atoms with E-state index in [1.54, 1.807) is 30.3 Å². The zero-order valence-corrected chi connectivity index (χ0v) is 23.8. The fourth-order valence-corrected chi connectivity index (χ4v) is 6.85. The van der Waals surface area contributed by atoms with Crippen molar-refractivity contribution in [3.63, 3.8) is 0 Å². The van der Waals surface area contributed by atoms with Gasteiger partial charge in [0.2, 0.25) is 0 Å². The predicted octanol–water partition coefficient (Wildman–Crippen LogP) is 5.61. The molecule has 2 fully saturated rings. The summed E-state index contributed by atoms with van der Waals surface area (Å²) in [6, 6.07) is 18.2. The number of benzene rings is 2. The smallest absolute Gasteiger partial charge is 0.274 e. The number of amidine groups is 1. The molecule has 2 aromatic heterocycles. The molecule has 8 heteroatoms. The second-order valence-corrected chi connectivity index (χ2v) is 11.9. The van der Waals surface area contributed by atoms with E-state index in [2.05, 4.69) is 53.8 Å². The van der Waals surface area contributed by atoms with Crippen LogP contribution in [0.4, 0.5) is 0 Å². The van der Waals surface area contributed by atoms with Gasteiger partial charge in [0.05, 0.1) is 6.26 Å². The van der Waals surface area contributed by atoms with Gasteiger partial charge in [0.15, 0.2) is 0 Å². The van der Waals surface area contributed by atoms with E-state index in [4.69, 9.17) is 9.41 Å². The fraction of sp³-hybridized carbons (Fsp3) is 0.324. The van der Waals surface area contributed by atoms with Gasteiger partial charge in [0, 0.05) is 49.2 Å². The average Bonchev–Trinajstić information content (AvgIpc) is 3.84. The second-order valence-electron chi connectivity index (χ2n) is 11.9. The first-order valence-electron chi connectivity index (χ1n) is 14.5. The molecule has 0 N–H and O–H groups in total. The van der Waals surface area contributed by atoms with Crippen LogP contribution >= 0.6 is 0 Å². The van der Waals surface area contributed by atoms with E-state index in [1.807, 2.05) is 28.0 Å². The van der Waals surface area contributed by atoms with Crippen LogP contribution in [-0.2, 0) is 11.8 Å². The topological polar surface area (TPSA) is 83.9 Å². The van der Waals surface area contributed by atoms with Crippen molar-refractivity contribution in [1.29, 1.82) is 0 Å². The number of rotatable bonds is 6. The summed E-state index contributed by atoms with van der Waals surface area (Å²) in [5.41, 5.74) is 6.19. The Labute approximate surface area is 244 Å². The maximum absolute atomic E-state index is 14.1. The molecule has 4 heterocycles. The number of amides is 2. The molecule has 4 aromatic rings. The van der Waals surface area contributed by atoms with Crippen LogP contribution in [0.25, 0.3) is 22.1 Å². The second kappa shape index (κ2) is 10.00. The number of nitrogens with zero attached hydrogens (tertiary/aromatic N) is 5. The van der Waals surface area contributed by atoms with Crippen molar-refractivity contribution < 1.29 is 14.0 Å². The molecule has 7 rings (SSSR count). The normalized spacial score (nSPS) is 21.4. The zero-order valence-electron chi connectivity index (χ0n) is 23.8. The highest BCUT2D eigenvalue weighted by Gasteiger charge is 2.52. The highest BCUT2D eigenvalue weighted by atomic mass is 16.3. The van der Waals surface area contributed by atoms with Gasteiger partial charge in [0.1, 0.15) is 22.7 Å². The molecule has 3 aliphatic rings. The highest BCUT2D eigenvalue weighted by molar-refractivity contribution is 6.15. The Kier molecular flexibility index (Phi) is 6.24. The number of carbonyl (C=O) groups excluding carboxylic acids is 2.